The first-order valence-electron chi connectivity index (χ1n) is 6.42. The molecule has 1 aliphatic heterocycles. The van der Waals surface area contributed by atoms with Gasteiger partial charge in [0.15, 0.2) is 6.10 Å². The number of hydrogen-bond acceptors (Lipinski definition) is 2. The first kappa shape index (κ1) is 14.8. The number of nitrogens with zero attached hydrogens (tertiary/aromatic N) is 1. The van der Waals surface area contributed by atoms with E-state index in [0.29, 0.717) is 0 Å². The van der Waals surface area contributed by atoms with Gasteiger partial charge in [-0.25, -0.2) is 0 Å². The number of hydrogen-bond donors (Lipinski definition) is 1. The third-order valence-electron chi connectivity index (χ3n) is 3.75. The predicted octanol–water partition coefficient (Wildman–Crippen LogP) is 2.52. The van der Waals surface area contributed by atoms with Crippen molar-refractivity contribution in [2.45, 2.75) is 31.7 Å². The Balaban J connectivity index is 2.12. The van der Waals surface area contributed by atoms with Gasteiger partial charge in [-0.2, -0.15) is 13.2 Å². The molecule has 6 heteroatoms. The Morgan fingerprint density at radius 3 is 2.45 bits per heavy atom. The van der Waals surface area contributed by atoms with Crippen LogP contribution in [0.2, 0.25) is 0 Å². The summed E-state index contributed by atoms with van der Waals surface area (Å²) in [6.07, 6.45) is -7.31. The molecular formula is C14H16F3NO2. The van der Waals surface area contributed by atoms with E-state index in [2.05, 4.69) is 0 Å². The normalized spacial score (nSPS) is 22.9. The van der Waals surface area contributed by atoms with E-state index in [9.17, 15) is 23.1 Å². The Bertz CT molecular complexity index is 475. The van der Waals surface area contributed by atoms with Crippen molar-refractivity contribution in [1.29, 1.82) is 0 Å². The van der Waals surface area contributed by atoms with Gasteiger partial charge >= 0.3 is 6.18 Å². The number of rotatable bonds is 3. The van der Waals surface area contributed by atoms with Crippen LogP contribution >= 0.6 is 0 Å². The van der Waals surface area contributed by atoms with Gasteiger partial charge in [-0.1, -0.05) is 30.3 Å². The maximum absolute atomic E-state index is 12.5. The summed E-state index contributed by atoms with van der Waals surface area (Å²) in [6.45, 7) is 2.00. The van der Waals surface area contributed by atoms with E-state index in [1.807, 2.05) is 30.3 Å². The van der Waals surface area contributed by atoms with Crippen molar-refractivity contribution < 1.29 is 23.1 Å². The number of amides is 1. The van der Waals surface area contributed by atoms with Gasteiger partial charge in [-0.05, 0) is 18.9 Å². The lowest BCUT2D eigenvalue weighted by atomic mass is 10.0. The van der Waals surface area contributed by atoms with Gasteiger partial charge in [0, 0.05) is 6.54 Å². The first-order valence-corrected chi connectivity index (χ1v) is 6.42. The number of aliphatic hydroxyl groups is 1. The lowest BCUT2D eigenvalue weighted by Gasteiger charge is -2.26. The van der Waals surface area contributed by atoms with Crippen LogP contribution in [0.25, 0.3) is 0 Å². The lowest BCUT2D eigenvalue weighted by Crippen LogP contribution is -2.41. The fraction of sp³-hybridized carbons (Fsp3) is 0.500. The topological polar surface area (TPSA) is 40.5 Å². The highest BCUT2D eigenvalue weighted by Gasteiger charge is 2.50. The number of alkyl halides is 3. The molecule has 0 aromatic heterocycles. The Hall–Kier alpha value is -1.56. The lowest BCUT2D eigenvalue weighted by molar-refractivity contribution is -0.218. The molecule has 1 heterocycles. The van der Waals surface area contributed by atoms with Crippen molar-refractivity contribution in [2.24, 2.45) is 5.92 Å². The van der Waals surface area contributed by atoms with Crippen LogP contribution in [0.1, 0.15) is 24.9 Å². The van der Waals surface area contributed by atoms with E-state index in [4.69, 9.17) is 0 Å². The smallest absolute Gasteiger partial charge is 0.383 e. The summed E-state index contributed by atoms with van der Waals surface area (Å²) in [7, 11) is 0. The summed E-state index contributed by atoms with van der Waals surface area (Å²) in [6, 6.07) is 8.81. The molecule has 20 heavy (non-hydrogen) atoms. The van der Waals surface area contributed by atoms with Gasteiger partial charge in [-0.15, -0.1) is 0 Å². The van der Waals surface area contributed by atoms with Gasteiger partial charge in [0.05, 0.1) is 12.0 Å². The van der Waals surface area contributed by atoms with E-state index >= 15 is 0 Å². The average Bonchev–Trinajstić information content (AvgIpc) is 2.78. The van der Waals surface area contributed by atoms with Crippen LogP contribution in [0.3, 0.4) is 0 Å². The van der Waals surface area contributed by atoms with Crippen molar-refractivity contribution >= 4 is 5.91 Å². The van der Waals surface area contributed by atoms with Gasteiger partial charge in [0.1, 0.15) is 0 Å². The Kier molecular flexibility index (Phi) is 4.04. The fourth-order valence-corrected chi connectivity index (χ4v) is 2.54. The van der Waals surface area contributed by atoms with E-state index in [1.165, 1.54) is 4.90 Å². The minimum absolute atomic E-state index is 0.0245. The summed E-state index contributed by atoms with van der Waals surface area (Å²) >= 11 is 0. The summed E-state index contributed by atoms with van der Waals surface area (Å²) in [5, 5.41) is 9.25. The second-order valence-corrected chi connectivity index (χ2v) is 5.00. The van der Waals surface area contributed by atoms with Crippen molar-refractivity contribution in [3.8, 4) is 0 Å². The molecule has 1 aliphatic rings. The summed E-state index contributed by atoms with van der Waals surface area (Å²) in [5.41, 5.74) is 0.864. The number of likely N-dealkylation sites (tertiary alicyclic amines) is 1. The number of benzene rings is 1. The molecule has 110 valence electrons. The molecule has 1 aromatic rings. The van der Waals surface area contributed by atoms with Gasteiger partial charge in [0.25, 0.3) is 0 Å². The third-order valence-corrected chi connectivity index (χ3v) is 3.75. The molecule has 3 nitrogen and oxygen atoms in total. The first-order chi connectivity index (χ1) is 9.32. The SMILES string of the molecule is C[C@H](c1ccccc1)N1CC[C@@H]([C@H](O)C(F)(F)F)C1=O. The fourth-order valence-electron chi connectivity index (χ4n) is 2.54. The van der Waals surface area contributed by atoms with Crippen molar-refractivity contribution in [3.63, 3.8) is 0 Å². The predicted molar refractivity (Wildman–Crippen MR) is 66.7 cm³/mol. The van der Waals surface area contributed by atoms with Gasteiger partial charge in [0.2, 0.25) is 5.91 Å². The third kappa shape index (κ3) is 2.80. The minimum atomic E-state index is -4.76. The number of carbonyl (C=O) groups is 1. The van der Waals surface area contributed by atoms with Crippen LogP contribution in [-0.4, -0.2) is 34.7 Å². The Morgan fingerprint density at radius 1 is 1.30 bits per heavy atom. The minimum Gasteiger partial charge on any atom is -0.383 e. The van der Waals surface area contributed by atoms with Crippen LogP contribution < -0.4 is 0 Å². The number of aliphatic hydroxyl groups excluding tert-OH is 1. The second-order valence-electron chi connectivity index (χ2n) is 5.00. The van der Waals surface area contributed by atoms with Crippen LogP contribution in [0.5, 0.6) is 0 Å². The second kappa shape index (κ2) is 5.44. The molecule has 1 fully saturated rings. The molecule has 0 aliphatic carbocycles. The van der Waals surface area contributed by atoms with Crippen molar-refractivity contribution in [3.05, 3.63) is 35.9 Å². The Morgan fingerprint density at radius 2 is 1.90 bits per heavy atom. The molecule has 0 bridgehead atoms. The maximum atomic E-state index is 12.5. The van der Waals surface area contributed by atoms with Crippen LogP contribution in [0, 0.1) is 5.92 Å². The van der Waals surface area contributed by atoms with Gasteiger partial charge < -0.3 is 10.0 Å². The molecular weight excluding hydrogens is 271 g/mol. The quantitative estimate of drug-likeness (QED) is 0.928. The molecule has 0 spiro atoms. The molecule has 0 radical (unpaired) electrons. The van der Waals surface area contributed by atoms with E-state index < -0.39 is 24.1 Å². The summed E-state index contributed by atoms with van der Waals surface area (Å²) < 4.78 is 37.5. The van der Waals surface area contributed by atoms with E-state index in [-0.39, 0.29) is 19.0 Å². The van der Waals surface area contributed by atoms with E-state index in [1.54, 1.807) is 6.92 Å². The van der Waals surface area contributed by atoms with Crippen LogP contribution in [0.4, 0.5) is 13.2 Å². The Labute approximate surface area is 115 Å². The zero-order chi connectivity index (χ0) is 14.9. The average molecular weight is 287 g/mol. The van der Waals surface area contributed by atoms with Crippen LogP contribution in [-0.2, 0) is 4.79 Å². The highest BCUT2D eigenvalue weighted by atomic mass is 19.4. The van der Waals surface area contributed by atoms with Gasteiger partial charge in [-0.3, -0.25) is 4.79 Å². The zero-order valence-electron chi connectivity index (χ0n) is 11.0. The molecule has 1 saturated heterocycles. The molecule has 1 N–H and O–H groups in total. The summed E-state index contributed by atoms with van der Waals surface area (Å²) in [5.74, 6) is -2.02. The molecule has 0 unspecified atom stereocenters. The van der Waals surface area contributed by atoms with E-state index in [0.717, 1.165) is 5.56 Å². The monoisotopic (exact) mass is 287 g/mol. The highest BCUT2D eigenvalue weighted by molar-refractivity contribution is 5.82. The zero-order valence-corrected chi connectivity index (χ0v) is 11.0. The van der Waals surface area contributed by atoms with Crippen molar-refractivity contribution in [2.75, 3.05) is 6.54 Å². The largest absolute Gasteiger partial charge is 0.415 e. The summed E-state index contributed by atoms with van der Waals surface area (Å²) in [4.78, 5) is 13.5. The number of halogens is 3. The standard InChI is InChI=1S/C14H16F3NO2/c1-9(10-5-3-2-4-6-10)18-8-7-11(13(18)20)12(19)14(15,16)17/h2-6,9,11-12,19H,7-8H2,1H3/t9-,11+,12+/m1/s1. The molecule has 0 saturated carbocycles. The van der Waals surface area contributed by atoms with Crippen molar-refractivity contribution in [1.82, 2.24) is 4.90 Å². The number of carbonyl (C=O) groups excluding carboxylic acids is 1. The molecule has 1 amide bonds. The maximum Gasteiger partial charge on any atom is 0.415 e. The molecule has 1 aromatic carbocycles. The van der Waals surface area contributed by atoms with Crippen LogP contribution in [0.15, 0.2) is 30.3 Å². The molecule has 2 rings (SSSR count). The molecule has 3 atom stereocenters. The highest BCUT2D eigenvalue weighted by Crippen LogP contribution is 2.35.